The Bertz CT molecular complexity index is 571. The summed E-state index contributed by atoms with van der Waals surface area (Å²) in [6.45, 7) is 6.43. The van der Waals surface area contributed by atoms with E-state index >= 15 is 0 Å². The van der Waals surface area contributed by atoms with Gasteiger partial charge in [0.05, 0.1) is 11.8 Å². The predicted molar refractivity (Wildman–Crippen MR) is 76.8 cm³/mol. The summed E-state index contributed by atoms with van der Waals surface area (Å²) in [5, 5.41) is 24.1. The number of aliphatic hydroxyl groups excluding tert-OH is 1. The number of oxazole rings is 1. The molecule has 1 saturated heterocycles. The minimum Gasteiger partial charge on any atom is -0.449 e. The van der Waals surface area contributed by atoms with E-state index in [0.717, 1.165) is 31.7 Å². The molecule has 9 nitrogen and oxygen atoms in total. The van der Waals surface area contributed by atoms with Crippen LogP contribution in [0, 0.1) is 6.92 Å². The maximum absolute atomic E-state index is 10.2. The normalized spacial score (nSPS) is 21.1. The third-order valence-electron chi connectivity index (χ3n) is 3.76. The van der Waals surface area contributed by atoms with Crippen LogP contribution in [0.1, 0.15) is 17.4 Å². The number of hydrogen-bond donors (Lipinski definition) is 2. The third-order valence-corrected chi connectivity index (χ3v) is 3.76. The van der Waals surface area contributed by atoms with Crippen LogP contribution in [-0.2, 0) is 13.0 Å². The quantitative estimate of drug-likeness (QED) is 0.740. The standard InChI is InChI=1S/C13H21N7O2/c1-10-14-11(9-22-10)6-20-5-4-19(7-12(21)8-20)3-2-13-15-17-18-16-13/h9,12,21H,2-8H2,1H3,(H,15,16,17,18). The predicted octanol–water partition coefficient (Wildman–Crippen LogP) is -0.783. The van der Waals surface area contributed by atoms with Crippen LogP contribution in [0.25, 0.3) is 0 Å². The van der Waals surface area contributed by atoms with Gasteiger partial charge in [-0.05, 0) is 0 Å². The second-order valence-electron chi connectivity index (χ2n) is 5.63. The van der Waals surface area contributed by atoms with E-state index in [9.17, 15) is 5.11 Å². The van der Waals surface area contributed by atoms with Gasteiger partial charge in [0, 0.05) is 52.6 Å². The molecule has 0 aromatic carbocycles. The number of aliphatic hydroxyl groups is 1. The molecule has 2 aromatic heterocycles. The number of β-amino-alcohol motifs (C(OH)–C–C–N with tert-alkyl or cyclic N) is 1. The van der Waals surface area contributed by atoms with Gasteiger partial charge in [0.25, 0.3) is 0 Å². The Labute approximate surface area is 128 Å². The first-order valence-corrected chi connectivity index (χ1v) is 7.45. The molecule has 9 heteroatoms. The molecule has 0 bridgehead atoms. The molecule has 1 fully saturated rings. The fourth-order valence-electron chi connectivity index (χ4n) is 2.72. The zero-order valence-corrected chi connectivity index (χ0v) is 12.6. The summed E-state index contributed by atoms with van der Waals surface area (Å²) in [5.74, 6) is 1.38. The molecule has 0 radical (unpaired) electrons. The lowest BCUT2D eigenvalue weighted by Crippen LogP contribution is -2.34. The second-order valence-corrected chi connectivity index (χ2v) is 5.63. The minimum atomic E-state index is -0.374. The SMILES string of the molecule is Cc1nc(CN2CCN(CCc3nn[nH]n3)CC(O)C2)co1. The van der Waals surface area contributed by atoms with Crippen LogP contribution in [-0.4, -0.2) is 79.3 Å². The van der Waals surface area contributed by atoms with E-state index in [1.54, 1.807) is 6.26 Å². The van der Waals surface area contributed by atoms with E-state index in [1.165, 1.54) is 0 Å². The number of hydrogen-bond acceptors (Lipinski definition) is 8. The van der Waals surface area contributed by atoms with Gasteiger partial charge in [-0.2, -0.15) is 5.21 Å². The largest absolute Gasteiger partial charge is 0.449 e. The highest BCUT2D eigenvalue weighted by Gasteiger charge is 2.22. The zero-order valence-electron chi connectivity index (χ0n) is 12.6. The molecule has 0 amide bonds. The number of aromatic amines is 1. The molecule has 1 unspecified atom stereocenters. The Morgan fingerprint density at radius 2 is 2.18 bits per heavy atom. The average Bonchev–Trinajstić information content (AvgIpc) is 3.09. The highest BCUT2D eigenvalue weighted by molar-refractivity contribution is 4.96. The number of nitrogens with zero attached hydrogens (tertiary/aromatic N) is 6. The van der Waals surface area contributed by atoms with Gasteiger partial charge in [-0.25, -0.2) is 4.98 Å². The van der Waals surface area contributed by atoms with Gasteiger partial charge in [0.2, 0.25) is 0 Å². The van der Waals surface area contributed by atoms with E-state index in [2.05, 4.69) is 35.4 Å². The van der Waals surface area contributed by atoms with E-state index in [1.807, 2.05) is 6.92 Å². The molecule has 3 heterocycles. The summed E-state index contributed by atoms with van der Waals surface area (Å²) >= 11 is 0. The molecule has 2 aromatic rings. The number of nitrogens with one attached hydrogen (secondary N) is 1. The molecular weight excluding hydrogens is 286 g/mol. The molecular formula is C13H21N7O2. The van der Waals surface area contributed by atoms with Crippen molar-refractivity contribution in [2.45, 2.75) is 26.0 Å². The first-order chi connectivity index (χ1) is 10.7. The van der Waals surface area contributed by atoms with Crippen LogP contribution in [0.15, 0.2) is 10.7 Å². The molecule has 22 heavy (non-hydrogen) atoms. The second kappa shape index (κ2) is 6.95. The highest BCUT2D eigenvalue weighted by Crippen LogP contribution is 2.10. The first-order valence-electron chi connectivity index (χ1n) is 7.45. The first kappa shape index (κ1) is 15.1. The summed E-state index contributed by atoms with van der Waals surface area (Å²) in [6.07, 6.45) is 2.03. The summed E-state index contributed by atoms with van der Waals surface area (Å²) in [5.41, 5.74) is 0.907. The van der Waals surface area contributed by atoms with Crippen molar-refractivity contribution in [1.82, 2.24) is 35.4 Å². The number of aryl methyl sites for hydroxylation is 1. The third kappa shape index (κ3) is 4.09. The maximum atomic E-state index is 10.2. The number of rotatable bonds is 5. The molecule has 3 rings (SSSR count). The minimum absolute atomic E-state index is 0.374. The average molecular weight is 307 g/mol. The summed E-state index contributed by atoms with van der Waals surface area (Å²) in [6, 6.07) is 0. The topological polar surface area (TPSA) is 107 Å². The van der Waals surface area contributed by atoms with Crippen LogP contribution in [0.5, 0.6) is 0 Å². The van der Waals surface area contributed by atoms with E-state index in [0.29, 0.717) is 31.3 Å². The van der Waals surface area contributed by atoms with Gasteiger partial charge in [-0.15, -0.1) is 10.2 Å². The lowest BCUT2D eigenvalue weighted by atomic mass is 10.3. The van der Waals surface area contributed by atoms with Crippen molar-refractivity contribution in [3.63, 3.8) is 0 Å². The maximum Gasteiger partial charge on any atom is 0.191 e. The van der Waals surface area contributed by atoms with Gasteiger partial charge in [-0.3, -0.25) is 9.80 Å². The van der Waals surface area contributed by atoms with E-state index < -0.39 is 0 Å². The van der Waals surface area contributed by atoms with Crippen LogP contribution in [0.2, 0.25) is 0 Å². The monoisotopic (exact) mass is 307 g/mol. The zero-order chi connectivity index (χ0) is 15.4. The molecule has 1 atom stereocenters. The fourth-order valence-corrected chi connectivity index (χ4v) is 2.72. The molecule has 120 valence electrons. The Hall–Kier alpha value is -1.84. The van der Waals surface area contributed by atoms with Gasteiger partial charge < -0.3 is 9.52 Å². The molecule has 0 aliphatic carbocycles. The summed E-state index contributed by atoms with van der Waals surface area (Å²) in [4.78, 5) is 8.75. The molecule has 2 N–H and O–H groups in total. The lowest BCUT2D eigenvalue weighted by molar-refractivity contribution is 0.107. The van der Waals surface area contributed by atoms with Crippen LogP contribution in [0.3, 0.4) is 0 Å². The van der Waals surface area contributed by atoms with Crippen molar-refractivity contribution in [2.75, 3.05) is 32.7 Å². The smallest absolute Gasteiger partial charge is 0.191 e. The van der Waals surface area contributed by atoms with Crippen molar-refractivity contribution >= 4 is 0 Å². The van der Waals surface area contributed by atoms with Crippen molar-refractivity contribution in [3.05, 3.63) is 23.7 Å². The van der Waals surface area contributed by atoms with Crippen LogP contribution < -0.4 is 0 Å². The molecule has 1 aliphatic heterocycles. The Balaban J connectivity index is 1.51. The van der Waals surface area contributed by atoms with Gasteiger partial charge >= 0.3 is 0 Å². The van der Waals surface area contributed by atoms with E-state index in [4.69, 9.17) is 4.42 Å². The molecule has 0 spiro atoms. The Kier molecular flexibility index (Phi) is 4.76. The lowest BCUT2D eigenvalue weighted by Gasteiger charge is -2.20. The number of tetrazole rings is 1. The highest BCUT2D eigenvalue weighted by atomic mass is 16.3. The number of aromatic nitrogens is 5. The fraction of sp³-hybridized carbons (Fsp3) is 0.692. The number of H-pyrrole nitrogens is 1. The van der Waals surface area contributed by atoms with Crippen molar-refractivity contribution < 1.29 is 9.52 Å². The van der Waals surface area contributed by atoms with Crippen molar-refractivity contribution in [2.24, 2.45) is 0 Å². The Morgan fingerprint density at radius 3 is 2.91 bits per heavy atom. The van der Waals surface area contributed by atoms with Gasteiger partial charge in [-0.1, -0.05) is 5.21 Å². The molecule has 0 saturated carbocycles. The van der Waals surface area contributed by atoms with Crippen LogP contribution in [0.4, 0.5) is 0 Å². The van der Waals surface area contributed by atoms with E-state index in [-0.39, 0.29) is 6.10 Å². The van der Waals surface area contributed by atoms with Crippen molar-refractivity contribution in [3.8, 4) is 0 Å². The summed E-state index contributed by atoms with van der Waals surface area (Å²) in [7, 11) is 0. The van der Waals surface area contributed by atoms with Crippen LogP contribution >= 0.6 is 0 Å². The van der Waals surface area contributed by atoms with Gasteiger partial charge in [0.15, 0.2) is 11.7 Å². The van der Waals surface area contributed by atoms with Gasteiger partial charge in [0.1, 0.15) is 6.26 Å². The Morgan fingerprint density at radius 1 is 1.36 bits per heavy atom. The summed E-state index contributed by atoms with van der Waals surface area (Å²) < 4.78 is 5.23. The van der Waals surface area contributed by atoms with Crippen molar-refractivity contribution in [1.29, 1.82) is 0 Å². The molecule has 1 aliphatic rings.